The van der Waals surface area contributed by atoms with Crippen LogP contribution in [0.3, 0.4) is 0 Å². The SMILES string of the molecule is CCCCC[C@H]1CC[C@H](CCc2ccc(OC(=O)[C@H]3CC[C@H](CCCCC)CC3)c(F)c2F)CC1. The number of unbranched alkanes of at least 4 members (excludes halogenated alkanes) is 4. The van der Waals surface area contributed by atoms with E-state index in [2.05, 4.69) is 13.8 Å². The van der Waals surface area contributed by atoms with Gasteiger partial charge in [0.1, 0.15) is 0 Å². The third kappa shape index (κ3) is 8.86. The third-order valence-electron chi connectivity index (χ3n) is 8.74. The number of carbonyl (C=O) groups excluding carboxylic acids is 1. The van der Waals surface area contributed by atoms with Crippen molar-refractivity contribution in [3.63, 3.8) is 0 Å². The Morgan fingerprint density at radius 3 is 1.80 bits per heavy atom. The Morgan fingerprint density at radius 2 is 1.26 bits per heavy atom. The zero-order chi connectivity index (χ0) is 25.0. The van der Waals surface area contributed by atoms with Crippen LogP contribution in [-0.4, -0.2) is 5.97 Å². The highest BCUT2D eigenvalue weighted by Gasteiger charge is 2.29. The van der Waals surface area contributed by atoms with Crippen molar-refractivity contribution in [2.75, 3.05) is 0 Å². The quantitative estimate of drug-likeness (QED) is 0.156. The second kappa shape index (κ2) is 15.0. The van der Waals surface area contributed by atoms with E-state index in [0.717, 1.165) is 38.0 Å². The molecule has 2 aliphatic rings. The predicted octanol–water partition coefficient (Wildman–Crippen LogP) is 9.58. The Labute approximate surface area is 212 Å². The van der Waals surface area contributed by atoms with Crippen LogP contribution in [0, 0.1) is 35.3 Å². The van der Waals surface area contributed by atoms with Crippen LogP contribution < -0.4 is 4.74 Å². The van der Waals surface area contributed by atoms with E-state index in [9.17, 15) is 13.6 Å². The van der Waals surface area contributed by atoms with Gasteiger partial charge in [-0.3, -0.25) is 4.79 Å². The molecule has 0 aliphatic heterocycles. The van der Waals surface area contributed by atoms with Gasteiger partial charge in [-0.05, 0) is 67.9 Å². The van der Waals surface area contributed by atoms with Crippen molar-refractivity contribution in [1.82, 2.24) is 0 Å². The number of hydrogen-bond donors (Lipinski definition) is 0. The van der Waals surface area contributed by atoms with Gasteiger partial charge in [-0.1, -0.05) is 97.0 Å². The van der Waals surface area contributed by atoms with Crippen LogP contribution in [0.15, 0.2) is 12.1 Å². The van der Waals surface area contributed by atoms with E-state index in [1.807, 2.05) is 0 Å². The number of ether oxygens (including phenoxy) is 1. The van der Waals surface area contributed by atoms with Crippen LogP contribution in [-0.2, 0) is 11.2 Å². The van der Waals surface area contributed by atoms with E-state index in [0.29, 0.717) is 23.8 Å². The van der Waals surface area contributed by atoms with E-state index < -0.39 is 17.6 Å². The standard InChI is InChI=1S/C31H48F2O2/c1-3-5-7-9-23-11-13-25(14-12-23)15-18-26-21-22-28(30(33)29(26)32)35-31(34)27-19-16-24(17-20-27)10-8-6-4-2/h21-25,27H,3-20H2,1-2H3/t23-,24-,25-,27-. The summed E-state index contributed by atoms with van der Waals surface area (Å²) in [5, 5.41) is 0. The van der Waals surface area contributed by atoms with Crippen molar-refractivity contribution in [3.05, 3.63) is 29.3 Å². The number of halogens is 2. The first-order chi connectivity index (χ1) is 17.0. The van der Waals surface area contributed by atoms with Gasteiger partial charge in [0, 0.05) is 0 Å². The fourth-order valence-electron chi connectivity index (χ4n) is 6.26. The lowest BCUT2D eigenvalue weighted by Crippen LogP contribution is -2.26. The Hall–Kier alpha value is -1.45. The zero-order valence-corrected chi connectivity index (χ0v) is 22.3. The Morgan fingerprint density at radius 1 is 0.743 bits per heavy atom. The summed E-state index contributed by atoms with van der Waals surface area (Å²) < 4.78 is 34.9. The lowest BCUT2D eigenvalue weighted by Gasteiger charge is -2.28. The van der Waals surface area contributed by atoms with Crippen molar-refractivity contribution in [1.29, 1.82) is 0 Å². The van der Waals surface area contributed by atoms with Crippen LogP contribution in [0.1, 0.15) is 129 Å². The summed E-state index contributed by atoms with van der Waals surface area (Å²) in [6, 6.07) is 3.06. The lowest BCUT2D eigenvalue weighted by atomic mass is 9.78. The molecule has 2 saturated carbocycles. The molecule has 0 radical (unpaired) electrons. The van der Waals surface area contributed by atoms with E-state index in [1.54, 1.807) is 6.07 Å². The molecule has 35 heavy (non-hydrogen) atoms. The maximum atomic E-state index is 14.8. The smallest absolute Gasteiger partial charge is 0.314 e. The van der Waals surface area contributed by atoms with Crippen LogP contribution in [0.5, 0.6) is 5.75 Å². The number of benzene rings is 1. The van der Waals surface area contributed by atoms with E-state index in [4.69, 9.17) is 4.74 Å². The summed E-state index contributed by atoms with van der Waals surface area (Å²) in [5.74, 6) is -0.557. The molecule has 0 spiro atoms. The van der Waals surface area contributed by atoms with Crippen LogP contribution in [0.25, 0.3) is 0 Å². The Bertz CT molecular complexity index is 761. The molecule has 0 saturated heterocycles. The normalized spacial score (nSPS) is 24.9. The molecule has 0 amide bonds. The second-order valence-corrected chi connectivity index (χ2v) is 11.4. The summed E-state index contributed by atoms with van der Waals surface area (Å²) in [5.41, 5.74) is 0.403. The van der Waals surface area contributed by atoms with Crippen molar-refractivity contribution >= 4 is 5.97 Å². The molecular formula is C31H48F2O2. The Balaban J connectivity index is 1.42. The molecule has 1 aromatic carbocycles. The minimum Gasteiger partial charge on any atom is -0.423 e. The first-order valence-electron chi connectivity index (χ1n) is 14.7. The molecule has 2 nitrogen and oxygen atoms in total. The van der Waals surface area contributed by atoms with Crippen LogP contribution in [0.4, 0.5) is 8.78 Å². The summed E-state index contributed by atoms with van der Waals surface area (Å²) in [6.07, 6.45) is 20.3. The van der Waals surface area contributed by atoms with Gasteiger partial charge in [0.05, 0.1) is 5.92 Å². The van der Waals surface area contributed by atoms with Crippen molar-refractivity contribution in [3.8, 4) is 5.75 Å². The van der Waals surface area contributed by atoms with Crippen molar-refractivity contribution < 1.29 is 18.3 Å². The molecule has 0 atom stereocenters. The number of hydrogen-bond acceptors (Lipinski definition) is 2. The Kier molecular flexibility index (Phi) is 12.0. The van der Waals surface area contributed by atoms with E-state index in [-0.39, 0.29) is 11.7 Å². The largest absolute Gasteiger partial charge is 0.423 e. The summed E-state index contributed by atoms with van der Waals surface area (Å²) >= 11 is 0. The molecule has 0 heterocycles. The van der Waals surface area contributed by atoms with E-state index in [1.165, 1.54) is 83.1 Å². The highest BCUT2D eigenvalue weighted by atomic mass is 19.2. The monoisotopic (exact) mass is 490 g/mol. The lowest BCUT2D eigenvalue weighted by molar-refractivity contribution is -0.140. The predicted molar refractivity (Wildman–Crippen MR) is 139 cm³/mol. The molecule has 2 fully saturated rings. The van der Waals surface area contributed by atoms with E-state index >= 15 is 0 Å². The molecule has 0 unspecified atom stereocenters. The highest BCUT2D eigenvalue weighted by Crippen LogP contribution is 2.36. The van der Waals surface area contributed by atoms with Gasteiger partial charge in [-0.25, -0.2) is 4.39 Å². The van der Waals surface area contributed by atoms with Crippen LogP contribution in [0.2, 0.25) is 0 Å². The van der Waals surface area contributed by atoms with Gasteiger partial charge < -0.3 is 4.74 Å². The van der Waals surface area contributed by atoms with Gasteiger partial charge in [0.2, 0.25) is 5.82 Å². The topological polar surface area (TPSA) is 26.3 Å². The number of esters is 1. The number of rotatable bonds is 13. The third-order valence-corrected chi connectivity index (χ3v) is 8.74. The summed E-state index contributed by atoms with van der Waals surface area (Å²) in [6.45, 7) is 4.46. The van der Waals surface area contributed by atoms with Crippen molar-refractivity contribution in [2.24, 2.45) is 23.7 Å². The first kappa shape index (κ1) is 28.1. The molecule has 1 aromatic rings. The fraction of sp³-hybridized carbons (Fsp3) is 0.774. The summed E-state index contributed by atoms with van der Waals surface area (Å²) in [7, 11) is 0. The van der Waals surface area contributed by atoms with Gasteiger partial charge in [-0.2, -0.15) is 4.39 Å². The molecule has 0 bridgehead atoms. The highest BCUT2D eigenvalue weighted by molar-refractivity contribution is 5.75. The molecule has 198 valence electrons. The maximum absolute atomic E-state index is 14.8. The minimum absolute atomic E-state index is 0.198. The van der Waals surface area contributed by atoms with Gasteiger partial charge in [0.15, 0.2) is 11.6 Å². The van der Waals surface area contributed by atoms with Gasteiger partial charge in [0.25, 0.3) is 0 Å². The first-order valence-corrected chi connectivity index (χ1v) is 14.7. The molecule has 3 rings (SSSR count). The molecule has 4 heteroatoms. The minimum atomic E-state index is -1.01. The maximum Gasteiger partial charge on any atom is 0.314 e. The average Bonchev–Trinajstić information content (AvgIpc) is 2.88. The molecular weight excluding hydrogens is 442 g/mol. The zero-order valence-electron chi connectivity index (χ0n) is 22.3. The molecule has 2 aliphatic carbocycles. The van der Waals surface area contributed by atoms with Crippen molar-refractivity contribution in [2.45, 2.75) is 129 Å². The van der Waals surface area contributed by atoms with Crippen LogP contribution >= 0.6 is 0 Å². The van der Waals surface area contributed by atoms with Gasteiger partial charge >= 0.3 is 5.97 Å². The number of carbonyl (C=O) groups is 1. The molecule has 0 N–H and O–H groups in total. The summed E-state index contributed by atoms with van der Waals surface area (Å²) in [4.78, 5) is 12.6. The second-order valence-electron chi connectivity index (χ2n) is 11.4. The number of aryl methyl sites for hydroxylation is 1. The molecule has 0 aromatic heterocycles. The average molecular weight is 491 g/mol. The fourth-order valence-corrected chi connectivity index (χ4v) is 6.26. The van der Waals surface area contributed by atoms with Gasteiger partial charge in [-0.15, -0.1) is 0 Å².